The van der Waals surface area contributed by atoms with E-state index in [0.29, 0.717) is 25.2 Å². The molecule has 2 aromatic carbocycles. The van der Waals surface area contributed by atoms with Gasteiger partial charge in [0.2, 0.25) is 5.91 Å². The van der Waals surface area contributed by atoms with Crippen molar-refractivity contribution in [2.75, 3.05) is 23.7 Å². The van der Waals surface area contributed by atoms with Gasteiger partial charge < -0.3 is 15.5 Å². The lowest BCUT2D eigenvalue weighted by Crippen LogP contribution is -2.45. The number of benzene rings is 2. The Labute approximate surface area is 152 Å². The first-order valence-electron chi connectivity index (χ1n) is 8.71. The molecule has 2 N–H and O–H groups in total. The number of carbonyl (C=O) groups excluding carboxylic acids is 2. The van der Waals surface area contributed by atoms with E-state index in [9.17, 15) is 14.0 Å². The maximum Gasteiger partial charge on any atom is 0.321 e. The molecule has 26 heavy (non-hydrogen) atoms. The van der Waals surface area contributed by atoms with Crippen LogP contribution in [-0.4, -0.2) is 29.9 Å². The molecule has 3 amide bonds. The lowest BCUT2D eigenvalue weighted by molar-refractivity contribution is -0.121. The summed E-state index contributed by atoms with van der Waals surface area (Å²) in [6.45, 7) is 2.77. The van der Waals surface area contributed by atoms with Gasteiger partial charge in [-0.25, -0.2) is 9.18 Å². The quantitative estimate of drug-likeness (QED) is 0.874. The number of amides is 3. The van der Waals surface area contributed by atoms with Crippen LogP contribution in [0.2, 0.25) is 0 Å². The summed E-state index contributed by atoms with van der Waals surface area (Å²) in [5.74, 6) is -0.887. The molecule has 1 heterocycles. The molecule has 0 aliphatic carbocycles. The highest BCUT2D eigenvalue weighted by molar-refractivity contribution is 5.94. The fraction of sp³-hybridized carbons (Fsp3) is 0.300. The zero-order valence-electron chi connectivity index (χ0n) is 14.7. The van der Waals surface area contributed by atoms with E-state index in [1.54, 1.807) is 11.0 Å². The number of nitrogens with one attached hydrogen (secondary N) is 2. The maximum atomic E-state index is 13.4. The van der Waals surface area contributed by atoms with Gasteiger partial charge in [-0.05, 0) is 49.6 Å². The Kier molecular flexibility index (Phi) is 5.51. The number of hydrogen-bond acceptors (Lipinski definition) is 2. The van der Waals surface area contributed by atoms with Crippen molar-refractivity contribution in [3.63, 3.8) is 0 Å². The van der Waals surface area contributed by atoms with Gasteiger partial charge in [-0.3, -0.25) is 4.79 Å². The second-order valence-corrected chi connectivity index (χ2v) is 6.53. The summed E-state index contributed by atoms with van der Waals surface area (Å²) in [7, 11) is 0. The summed E-state index contributed by atoms with van der Waals surface area (Å²) in [6, 6.07) is 13.3. The Hall–Kier alpha value is -2.89. The molecule has 1 fully saturated rings. The monoisotopic (exact) mass is 355 g/mol. The maximum absolute atomic E-state index is 13.4. The number of likely N-dealkylation sites (tertiary alicyclic amines) is 1. The summed E-state index contributed by atoms with van der Waals surface area (Å²) in [5.41, 5.74) is 1.99. The van der Waals surface area contributed by atoms with Crippen molar-refractivity contribution in [3.05, 3.63) is 59.9 Å². The van der Waals surface area contributed by atoms with Crippen LogP contribution in [0, 0.1) is 18.7 Å². The zero-order chi connectivity index (χ0) is 18.5. The number of anilines is 2. The number of rotatable bonds is 3. The first kappa shape index (κ1) is 17.9. The van der Waals surface area contributed by atoms with E-state index in [1.165, 1.54) is 12.1 Å². The number of aryl methyl sites for hydroxylation is 1. The van der Waals surface area contributed by atoms with E-state index < -0.39 is 5.82 Å². The van der Waals surface area contributed by atoms with Crippen LogP contribution in [0.4, 0.5) is 20.6 Å². The van der Waals surface area contributed by atoms with Gasteiger partial charge in [-0.2, -0.15) is 0 Å². The molecule has 2 aromatic rings. The van der Waals surface area contributed by atoms with Crippen LogP contribution in [0.25, 0.3) is 0 Å². The van der Waals surface area contributed by atoms with E-state index in [2.05, 4.69) is 10.6 Å². The molecule has 5 nitrogen and oxygen atoms in total. The summed E-state index contributed by atoms with van der Waals surface area (Å²) in [6.07, 6.45) is 1.46. The molecule has 1 aliphatic rings. The molecule has 1 unspecified atom stereocenters. The largest absolute Gasteiger partial charge is 0.325 e. The lowest BCUT2D eigenvalue weighted by Gasteiger charge is -2.32. The Morgan fingerprint density at radius 2 is 1.88 bits per heavy atom. The predicted octanol–water partition coefficient (Wildman–Crippen LogP) is 4.02. The van der Waals surface area contributed by atoms with Gasteiger partial charge in [0.05, 0.1) is 5.92 Å². The van der Waals surface area contributed by atoms with Crippen molar-refractivity contribution in [1.29, 1.82) is 0 Å². The Balaban J connectivity index is 1.61. The van der Waals surface area contributed by atoms with E-state index >= 15 is 0 Å². The average molecular weight is 355 g/mol. The fourth-order valence-electron chi connectivity index (χ4n) is 3.06. The second kappa shape index (κ2) is 7.99. The van der Waals surface area contributed by atoms with Crippen molar-refractivity contribution in [3.8, 4) is 0 Å². The number of carbonyl (C=O) groups is 2. The highest BCUT2D eigenvalue weighted by Gasteiger charge is 2.28. The van der Waals surface area contributed by atoms with Crippen LogP contribution >= 0.6 is 0 Å². The second-order valence-electron chi connectivity index (χ2n) is 6.53. The topological polar surface area (TPSA) is 61.4 Å². The molecule has 1 atom stereocenters. The van der Waals surface area contributed by atoms with Crippen molar-refractivity contribution in [2.45, 2.75) is 19.8 Å². The molecule has 3 rings (SSSR count). The van der Waals surface area contributed by atoms with E-state index in [1.807, 2.05) is 37.3 Å². The summed E-state index contributed by atoms with van der Waals surface area (Å²) < 4.78 is 13.4. The molecule has 0 saturated carbocycles. The molecule has 0 aromatic heterocycles. The van der Waals surface area contributed by atoms with Crippen molar-refractivity contribution in [2.24, 2.45) is 5.92 Å². The third-order valence-electron chi connectivity index (χ3n) is 4.56. The van der Waals surface area contributed by atoms with Crippen LogP contribution < -0.4 is 10.6 Å². The van der Waals surface area contributed by atoms with E-state index in [4.69, 9.17) is 0 Å². The van der Waals surface area contributed by atoms with Gasteiger partial charge in [-0.15, -0.1) is 0 Å². The Bertz CT molecular complexity index is 795. The summed E-state index contributed by atoms with van der Waals surface area (Å²) >= 11 is 0. The number of hydrogen-bond donors (Lipinski definition) is 2. The number of piperidine rings is 1. The normalized spacial score (nSPS) is 16.8. The lowest BCUT2D eigenvalue weighted by atomic mass is 9.97. The predicted molar refractivity (Wildman–Crippen MR) is 99.5 cm³/mol. The van der Waals surface area contributed by atoms with Crippen LogP contribution in [-0.2, 0) is 4.79 Å². The van der Waals surface area contributed by atoms with Crippen molar-refractivity contribution in [1.82, 2.24) is 4.90 Å². The van der Waals surface area contributed by atoms with Gasteiger partial charge in [0, 0.05) is 24.5 Å². The zero-order valence-corrected chi connectivity index (χ0v) is 14.7. The molecule has 6 heteroatoms. The standard InChI is InChI=1S/C20H22FN3O2/c1-14-9-10-16(21)12-18(14)23-19(25)15-6-5-11-24(13-15)20(26)22-17-7-3-2-4-8-17/h2-4,7-10,12,15H,5-6,11,13H2,1H3,(H,22,26)(H,23,25). The molecular weight excluding hydrogens is 333 g/mol. The fourth-order valence-corrected chi connectivity index (χ4v) is 3.06. The van der Waals surface area contributed by atoms with Crippen LogP contribution in [0.15, 0.2) is 48.5 Å². The van der Waals surface area contributed by atoms with Gasteiger partial charge in [-0.1, -0.05) is 24.3 Å². The molecule has 0 spiro atoms. The third-order valence-corrected chi connectivity index (χ3v) is 4.56. The number of halogens is 1. The van der Waals surface area contributed by atoms with Crippen LogP contribution in [0.5, 0.6) is 0 Å². The van der Waals surface area contributed by atoms with Crippen LogP contribution in [0.3, 0.4) is 0 Å². The minimum atomic E-state index is -0.390. The molecule has 1 saturated heterocycles. The van der Waals surface area contributed by atoms with Gasteiger partial charge in [0.15, 0.2) is 0 Å². The average Bonchev–Trinajstić information content (AvgIpc) is 2.65. The number of urea groups is 1. The van der Waals surface area contributed by atoms with Crippen molar-refractivity contribution >= 4 is 23.3 Å². The summed E-state index contributed by atoms with van der Waals surface area (Å²) in [4.78, 5) is 26.6. The van der Waals surface area contributed by atoms with Crippen molar-refractivity contribution < 1.29 is 14.0 Å². The first-order valence-corrected chi connectivity index (χ1v) is 8.71. The molecule has 0 radical (unpaired) electrons. The van der Waals surface area contributed by atoms with E-state index in [-0.39, 0.29) is 17.9 Å². The van der Waals surface area contributed by atoms with Crippen LogP contribution in [0.1, 0.15) is 18.4 Å². The smallest absolute Gasteiger partial charge is 0.321 e. The summed E-state index contributed by atoms with van der Waals surface area (Å²) in [5, 5.41) is 5.64. The molecule has 1 aliphatic heterocycles. The minimum Gasteiger partial charge on any atom is -0.325 e. The van der Waals surface area contributed by atoms with E-state index in [0.717, 1.165) is 17.7 Å². The Morgan fingerprint density at radius 1 is 1.12 bits per heavy atom. The number of para-hydroxylation sites is 1. The molecular formula is C20H22FN3O2. The molecule has 136 valence electrons. The first-order chi connectivity index (χ1) is 12.5. The highest BCUT2D eigenvalue weighted by Crippen LogP contribution is 2.22. The SMILES string of the molecule is Cc1ccc(F)cc1NC(=O)C1CCCN(C(=O)Nc2ccccc2)C1. The molecule has 0 bridgehead atoms. The Morgan fingerprint density at radius 3 is 2.65 bits per heavy atom. The number of nitrogens with zero attached hydrogens (tertiary/aromatic N) is 1. The van der Waals surface area contributed by atoms with Gasteiger partial charge >= 0.3 is 6.03 Å². The van der Waals surface area contributed by atoms with Gasteiger partial charge in [0.1, 0.15) is 5.82 Å². The highest BCUT2D eigenvalue weighted by atomic mass is 19.1. The van der Waals surface area contributed by atoms with Gasteiger partial charge in [0.25, 0.3) is 0 Å². The third kappa shape index (κ3) is 4.39. The minimum absolute atomic E-state index is 0.184.